The van der Waals surface area contributed by atoms with E-state index >= 15 is 0 Å². The first-order chi connectivity index (χ1) is 12.8. The molecule has 5 nitrogen and oxygen atoms in total. The molecule has 4 aliphatic rings. The van der Waals surface area contributed by atoms with Gasteiger partial charge in [-0.3, -0.25) is 4.79 Å². The normalized spacial score (nSPS) is 28.1. The summed E-state index contributed by atoms with van der Waals surface area (Å²) in [6.07, 6.45) is 8.49. The zero-order chi connectivity index (χ0) is 17.5. The van der Waals surface area contributed by atoms with E-state index in [1.165, 1.54) is 45.2 Å². The quantitative estimate of drug-likeness (QED) is 0.857. The van der Waals surface area contributed by atoms with Crippen molar-refractivity contribution in [1.29, 1.82) is 0 Å². The van der Waals surface area contributed by atoms with E-state index < -0.39 is 0 Å². The Labute approximate surface area is 166 Å². The highest BCUT2D eigenvalue weighted by Crippen LogP contribution is 2.34. The molecule has 2 bridgehead atoms. The van der Waals surface area contributed by atoms with Gasteiger partial charge in [0.25, 0.3) is 5.91 Å². The molecule has 4 heterocycles. The van der Waals surface area contributed by atoms with Gasteiger partial charge >= 0.3 is 0 Å². The summed E-state index contributed by atoms with van der Waals surface area (Å²) in [6.45, 7) is 3.35. The number of fused-ring (bicyclic) bond motifs is 4. The summed E-state index contributed by atoms with van der Waals surface area (Å²) in [5, 5.41) is 3.29. The maximum Gasteiger partial charge on any atom is 0.253 e. The number of carbonyl (C=O) groups excluding carboxylic acids is 1. The fraction of sp³-hybridized carbons (Fsp3) is 0.619. The van der Waals surface area contributed by atoms with Gasteiger partial charge in [-0.15, -0.1) is 12.4 Å². The monoisotopic (exact) mass is 389 g/mol. The summed E-state index contributed by atoms with van der Waals surface area (Å²) >= 11 is 0. The predicted molar refractivity (Wildman–Crippen MR) is 108 cm³/mol. The minimum atomic E-state index is -0.00200. The van der Waals surface area contributed by atoms with Crippen molar-refractivity contribution in [2.24, 2.45) is 5.92 Å². The number of nitrogens with zero attached hydrogens (tertiary/aromatic N) is 2. The van der Waals surface area contributed by atoms with Crippen molar-refractivity contribution < 1.29 is 9.21 Å². The SMILES string of the molecule is Cl.O=C(N[C@@H]1CN2CCC1CC2)c1cccc2oc(C3CCCCC3)nc12. The zero-order valence-electron chi connectivity index (χ0n) is 15.7. The van der Waals surface area contributed by atoms with Gasteiger partial charge in [0.05, 0.1) is 5.56 Å². The van der Waals surface area contributed by atoms with Crippen molar-refractivity contribution in [2.75, 3.05) is 19.6 Å². The lowest BCUT2D eigenvalue weighted by atomic mass is 9.84. The lowest BCUT2D eigenvalue weighted by molar-refractivity contribution is 0.0621. The van der Waals surface area contributed by atoms with Crippen molar-refractivity contribution in [3.8, 4) is 0 Å². The Morgan fingerprint density at radius 1 is 1.11 bits per heavy atom. The summed E-state index contributed by atoms with van der Waals surface area (Å²) in [7, 11) is 0. The number of benzene rings is 1. The van der Waals surface area contributed by atoms with Crippen LogP contribution in [0, 0.1) is 5.92 Å². The van der Waals surface area contributed by atoms with Crippen LogP contribution in [0.5, 0.6) is 0 Å². The Bertz CT molecular complexity index is 807. The average molecular weight is 390 g/mol. The smallest absolute Gasteiger partial charge is 0.253 e. The molecule has 1 amide bonds. The van der Waals surface area contributed by atoms with Crippen LogP contribution < -0.4 is 5.32 Å². The summed E-state index contributed by atoms with van der Waals surface area (Å²) in [6, 6.07) is 5.99. The van der Waals surface area contributed by atoms with Crippen molar-refractivity contribution in [1.82, 2.24) is 15.2 Å². The van der Waals surface area contributed by atoms with Crippen LogP contribution in [0.3, 0.4) is 0 Å². The summed E-state index contributed by atoms with van der Waals surface area (Å²) in [5.74, 6) is 1.85. The standard InChI is InChI=1S/C21H27N3O2.ClH/c25-20(22-17-13-24-11-9-14(17)10-12-24)16-7-4-8-18-19(16)23-21(26-18)15-5-2-1-3-6-15;/h4,7-8,14-15,17H,1-3,5-6,9-13H2,(H,22,25);1H/t17-;/m1./s1. The number of amides is 1. The van der Waals surface area contributed by atoms with E-state index in [2.05, 4.69) is 10.2 Å². The van der Waals surface area contributed by atoms with E-state index in [0.717, 1.165) is 36.4 Å². The molecular weight excluding hydrogens is 362 g/mol. The van der Waals surface area contributed by atoms with Gasteiger partial charge in [0.15, 0.2) is 11.5 Å². The Hall–Kier alpha value is -1.59. The van der Waals surface area contributed by atoms with E-state index in [9.17, 15) is 4.79 Å². The van der Waals surface area contributed by atoms with Crippen LogP contribution in [-0.2, 0) is 0 Å². The fourth-order valence-corrected chi connectivity index (χ4v) is 5.05. The van der Waals surface area contributed by atoms with Gasteiger partial charge in [0.1, 0.15) is 5.52 Å². The molecule has 146 valence electrons. The van der Waals surface area contributed by atoms with Crippen LogP contribution in [-0.4, -0.2) is 41.5 Å². The zero-order valence-corrected chi connectivity index (χ0v) is 16.5. The van der Waals surface area contributed by atoms with Gasteiger partial charge in [-0.25, -0.2) is 4.98 Å². The van der Waals surface area contributed by atoms with E-state index in [-0.39, 0.29) is 24.4 Å². The number of halogens is 1. The molecule has 1 aromatic heterocycles. The highest BCUT2D eigenvalue weighted by Gasteiger charge is 2.35. The number of carbonyl (C=O) groups is 1. The number of para-hydroxylation sites is 1. The highest BCUT2D eigenvalue weighted by molar-refractivity contribution is 6.04. The van der Waals surface area contributed by atoms with Crippen LogP contribution in [0.15, 0.2) is 22.6 Å². The second kappa shape index (κ2) is 7.80. The first-order valence-corrected chi connectivity index (χ1v) is 10.2. The Morgan fingerprint density at radius 2 is 1.89 bits per heavy atom. The number of rotatable bonds is 3. The molecule has 1 atom stereocenters. The Morgan fingerprint density at radius 3 is 2.59 bits per heavy atom. The third-order valence-corrected chi connectivity index (χ3v) is 6.61. The molecule has 3 saturated heterocycles. The topological polar surface area (TPSA) is 58.4 Å². The van der Waals surface area contributed by atoms with Gasteiger partial charge in [0.2, 0.25) is 0 Å². The lowest BCUT2D eigenvalue weighted by Crippen LogP contribution is -2.57. The molecule has 0 unspecified atom stereocenters. The molecule has 27 heavy (non-hydrogen) atoms. The van der Waals surface area contributed by atoms with Crippen LogP contribution in [0.1, 0.15) is 67.1 Å². The van der Waals surface area contributed by atoms with E-state index in [0.29, 0.717) is 17.4 Å². The van der Waals surface area contributed by atoms with Crippen LogP contribution in [0.2, 0.25) is 0 Å². The summed E-state index contributed by atoms with van der Waals surface area (Å²) < 4.78 is 6.04. The van der Waals surface area contributed by atoms with Crippen molar-refractivity contribution in [3.63, 3.8) is 0 Å². The van der Waals surface area contributed by atoms with E-state index in [4.69, 9.17) is 9.40 Å². The molecular formula is C21H28ClN3O2. The summed E-state index contributed by atoms with van der Waals surface area (Å²) in [4.78, 5) is 20.2. The predicted octanol–water partition coefficient (Wildman–Crippen LogP) is 4.12. The number of nitrogens with one attached hydrogen (secondary N) is 1. The second-order valence-electron chi connectivity index (χ2n) is 8.26. The second-order valence-corrected chi connectivity index (χ2v) is 8.26. The largest absolute Gasteiger partial charge is 0.440 e. The number of oxazole rings is 1. The lowest BCUT2D eigenvalue weighted by Gasteiger charge is -2.44. The molecule has 6 rings (SSSR count). The molecule has 1 N–H and O–H groups in total. The van der Waals surface area contributed by atoms with Crippen LogP contribution in [0.25, 0.3) is 11.1 Å². The molecule has 3 aliphatic heterocycles. The molecule has 0 spiro atoms. The van der Waals surface area contributed by atoms with Gasteiger partial charge in [-0.1, -0.05) is 25.3 Å². The average Bonchev–Trinajstić information content (AvgIpc) is 3.14. The van der Waals surface area contributed by atoms with Crippen molar-refractivity contribution in [3.05, 3.63) is 29.7 Å². The number of hydrogen-bond acceptors (Lipinski definition) is 4. The van der Waals surface area contributed by atoms with Crippen LogP contribution >= 0.6 is 12.4 Å². The fourth-order valence-electron chi connectivity index (χ4n) is 5.05. The van der Waals surface area contributed by atoms with Gasteiger partial charge in [-0.05, 0) is 56.8 Å². The molecule has 1 aliphatic carbocycles. The Kier molecular flexibility index (Phi) is 5.42. The molecule has 0 radical (unpaired) electrons. The van der Waals surface area contributed by atoms with Crippen molar-refractivity contribution >= 4 is 29.4 Å². The van der Waals surface area contributed by atoms with E-state index in [1.807, 2.05) is 18.2 Å². The number of hydrogen-bond donors (Lipinski definition) is 1. The molecule has 1 aromatic carbocycles. The minimum Gasteiger partial charge on any atom is -0.440 e. The first kappa shape index (κ1) is 18.8. The third-order valence-electron chi connectivity index (χ3n) is 6.61. The maximum atomic E-state index is 13.0. The molecule has 6 heteroatoms. The van der Waals surface area contributed by atoms with Crippen molar-refractivity contribution in [2.45, 2.75) is 56.9 Å². The first-order valence-electron chi connectivity index (χ1n) is 10.2. The number of aromatic nitrogens is 1. The number of piperidine rings is 3. The summed E-state index contributed by atoms with van der Waals surface area (Å²) in [5.41, 5.74) is 2.13. The van der Waals surface area contributed by atoms with Gasteiger partial charge in [0, 0.05) is 18.5 Å². The maximum absolute atomic E-state index is 13.0. The molecule has 2 aromatic rings. The minimum absolute atomic E-state index is 0. The van der Waals surface area contributed by atoms with Crippen LogP contribution in [0.4, 0.5) is 0 Å². The molecule has 4 fully saturated rings. The van der Waals surface area contributed by atoms with E-state index in [1.54, 1.807) is 0 Å². The molecule has 1 saturated carbocycles. The Balaban J connectivity index is 0.00000180. The highest BCUT2D eigenvalue weighted by atomic mass is 35.5. The van der Waals surface area contributed by atoms with Gasteiger partial charge < -0.3 is 14.6 Å². The van der Waals surface area contributed by atoms with Gasteiger partial charge in [-0.2, -0.15) is 0 Å². The third kappa shape index (κ3) is 3.59.